The van der Waals surface area contributed by atoms with Crippen molar-refractivity contribution in [2.24, 2.45) is 0 Å². The average Bonchev–Trinajstić information content (AvgIpc) is 2.30. The van der Waals surface area contributed by atoms with Gasteiger partial charge in [0, 0.05) is 31.6 Å². The summed E-state index contributed by atoms with van der Waals surface area (Å²) in [6.07, 6.45) is 4.67. The smallest absolute Gasteiger partial charge is 0.114 e. The van der Waals surface area contributed by atoms with Crippen molar-refractivity contribution in [2.45, 2.75) is 45.6 Å². The summed E-state index contributed by atoms with van der Waals surface area (Å²) in [6, 6.07) is 0. The number of ether oxygens (including phenoxy) is 1. The molecule has 0 spiro atoms. The summed E-state index contributed by atoms with van der Waals surface area (Å²) in [7, 11) is 0. The molecular weight excluding hydrogens is 210 g/mol. The molecular formula is C15H25NO. The molecule has 0 amide bonds. The standard InChI is InChI=1S/C15H25NO/c1-6-7-13(4)16-10-8-15(9-11-16)17-14(5)12(2)3/h15H,2,4-11H2,1,3H3. The number of rotatable bonds is 6. The highest BCUT2D eigenvalue weighted by Crippen LogP contribution is 2.22. The molecule has 0 radical (unpaired) electrons. The summed E-state index contributed by atoms with van der Waals surface area (Å²) in [5, 5.41) is 0. The van der Waals surface area contributed by atoms with Gasteiger partial charge in [-0.1, -0.05) is 33.1 Å². The Hall–Kier alpha value is -1.18. The summed E-state index contributed by atoms with van der Waals surface area (Å²) in [4.78, 5) is 2.38. The maximum atomic E-state index is 5.79. The lowest BCUT2D eigenvalue weighted by atomic mass is 10.1. The number of nitrogens with zero attached hydrogens (tertiary/aromatic N) is 1. The Labute approximate surface area is 106 Å². The maximum absolute atomic E-state index is 5.79. The number of likely N-dealkylation sites (tertiary alicyclic amines) is 1. The third kappa shape index (κ3) is 4.29. The largest absolute Gasteiger partial charge is 0.491 e. The van der Waals surface area contributed by atoms with Gasteiger partial charge in [-0.15, -0.1) is 0 Å². The minimum Gasteiger partial charge on any atom is -0.491 e. The van der Waals surface area contributed by atoms with Crippen LogP contribution < -0.4 is 0 Å². The van der Waals surface area contributed by atoms with Gasteiger partial charge in [-0.2, -0.15) is 0 Å². The maximum Gasteiger partial charge on any atom is 0.114 e. The highest BCUT2D eigenvalue weighted by molar-refractivity contribution is 5.16. The number of allylic oxidation sites excluding steroid dienone is 2. The average molecular weight is 235 g/mol. The minimum atomic E-state index is 0.296. The number of hydrogen-bond acceptors (Lipinski definition) is 2. The predicted octanol–water partition coefficient (Wildman–Crippen LogP) is 3.87. The molecule has 0 aromatic rings. The highest BCUT2D eigenvalue weighted by Gasteiger charge is 2.21. The van der Waals surface area contributed by atoms with E-state index in [1.165, 1.54) is 12.1 Å². The van der Waals surface area contributed by atoms with Crippen LogP contribution in [0.3, 0.4) is 0 Å². The first-order valence-electron chi connectivity index (χ1n) is 6.48. The SMILES string of the molecule is C=C(C)C(=C)OC1CCN(C(=C)CCC)CC1. The lowest BCUT2D eigenvalue weighted by Gasteiger charge is -2.35. The van der Waals surface area contributed by atoms with Gasteiger partial charge >= 0.3 is 0 Å². The van der Waals surface area contributed by atoms with E-state index >= 15 is 0 Å². The molecule has 2 nitrogen and oxygen atoms in total. The van der Waals surface area contributed by atoms with Crippen molar-refractivity contribution in [3.05, 3.63) is 36.8 Å². The lowest BCUT2D eigenvalue weighted by molar-refractivity contribution is 0.0642. The van der Waals surface area contributed by atoms with Crippen molar-refractivity contribution in [1.29, 1.82) is 0 Å². The lowest BCUT2D eigenvalue weighted by Crippen LogP contribution is -2.36. The molecule has 96 valence electrons. The van der Waals surface area contributed by atoms with E-state index in [4.69, 9.17) is 4.74 Å². The minimum absolute atomic E-state index is 0.296. The first kappa shape index (κ1) is 13.9. The van der Waals surface area contributed by atoms with Crippen LogP contribution in [0.25, 0.3) is 0 Å². The van der Waals surface area contributed by atoms with Crippen molar-refractivity contribution in [1.82, 2.24) is 4.90 Å². The summed E-state index contributed by atoms with van der Waals surface area (Å²) in [5.41, 5.74) is 2.19. The fraction of sp³-hybridized carbons (Fsp3) is 0.600. The second kappa shape index (κ2) is 6.53. The quantitative estimate of drug-likeness (QED) is 0.512. The zero-order valence-electron chi connectivity index (χ0n) is 11.3. The van der Waals surface area contributed by atoms with Crippen molar-refractivity contribution in [3.8, 4) is 0 Å². The monoisotopic (exact) mass is 235 g/mol. The summed E-state index contributed by atoms with van der Waals surface area (Å²) < 4.78 is 5.79. The molecule has 0 saturated carbocycles. The first-order valence-corrected chi connectivity index (χ1v) is 6.48. The van der Waals surface area contributed by atoms with Crippen LogP contribution in [0.15, 0.2) is 36.8 Å². The van der Waals surface area contributed by atoms with Gasteiger partial charge in [-0.05, 0) is 18.9 Å². The second-order valence-corrected chi connectivity index (χ2v) is 4.82. The summed E-state index contributed by atoms with van der Waals surface area (Å²) >= 11 is 0. The summed E-state index contributed by atoms with van der Waals surface area (Å²) in [6.45, 7) is 18.1. The molecule has 1 saturated heterocycles. The van der Waals surface area contributed by atoms with Crippen LogP contribution in [0.2, 0.25) is 0 Å². The van der Waals surface area contributed by atoms with E-state index < -0.39 is 0 Å². The zero-order valence-corrected chi connectivity index (χ0v) is 11.3. The van der Waals surface area contributed by atoms with Crippen LogP contribution in [0.4, 0.5) is 0 Å². The van der Waals surface area contributed by atoms with Gasteiger partial charge < -0.3 is 9.64 Å². The van der Waals surface area contributed by atoms with E-state index in [1.54, 1.807) is 0 Å². The Bertz CT molecular complexity index is 298. The van der Waals surface area contributed by atoms with E-state index in [2.05, 4.69) is 31.6 Å². The fourth-order valence-electron chi connectivity index (χ4n) is 2.04. The van der Waals surface area contributed by atoms with Crippen molar-refractivity contribution in [3.63, 3.8) is 0 Å². The molecule has 2 heteroatoms. The Morgan fingerprint density at radius 1 is 1.24 bits per heavy atom. The Morgan fingerprint density at radius 3 is 2.29 bits per heavy atom. The highest BCUT2D eigenvalue weighted by atomic mass is 16.5. The third-order valence-electron chi connectivity index (χ3n) is 3.21. The van der Waals surface area contributed by atoms with Crippen molar-refractivity contribution >= 4 is 0 Å². The van der Waals surface area contributed by atoms with E-state index in [0.717, 1.165) is 43.7 Å². The van der Waals surface area contributed by atoms with E-state index in [0.29, 0.717) is 6.10 Å². The van der Waals surface area contributed by atoms with Crippen LogP contribution in [0.5, 0.6) is 0 Å². The number of hydrogen-bond donors (Lipinski definition) is 0. The second-order valence-electron chi connectivity index (χ2n) is 4.82. The number of piperidine rings is 1. The Morgan fingerprint density at radius 2 is 1.82 bits per heavy atom. The molecule has 0 aromatic heterocycles. The van der Waals surface area contributed by atoms with E-state index in [1.807, 2.05) is 6.92 Å². The first-order chi connectivity index (χ1) is 8.04. The van der Waals surface area contributed by atoms with Gasteiger partial charge in [0.15, 0.2) is 0 Å². The fourth-order valence-corrected chi connectivity index (χ4v) is 2.04. The van der Waals surface area contributed by atoms with E-state index in [-0.39, 0.29) is 0 Å². The van der Waals surface area contributed by atoms with Crippen molar-refractivity contribution in [2.75, 3.05) is 13.1 Å². The van der Waals surface area contributed by atoms with Gasteiger partial charge in [0.2, 0.25) is 0 Å². The van der Waals surface area contributed by atoms with Crippen LogP contribution in [0, 0.1) is 0 Å². The molecule has 0 aliphatic carbocycles. The zero-order chi connectivity index (χ0) is 12.8. The molecule has 0 atom stereocenters. The predicted molar refractivity (Wildman–Crippen MR) is 73.7 cm³/mol. The Kier molecular flexibility index (Phi) is 5.33. The van der Waals surface area contributed by atoms with Crippen LogP contribution in [-0.4, -0.2) is 24.1 Å². The molecule has 1 rings (SSSR count). The van der Waals surface area contributed by atoms with Gasteiger partial charge in [-0.25, -0.2) is 0 Å². The molecule has 0 bridgehead atoms. The molecule has 1 aliphatic heterocycles. The molecule has 1 fully saturated rings. The molecule has 0 aromatic carbocycles. The van der Waals surface area contributed by atoms with Gasteiger partial charge in [-0.3, -0.25) is 0 Å². The molecule has 0 N–H and O–H groups in total. The van der Waals surface area contributed by atoms with Gasteiger partial charge in [0.1, 0.15) is 11.9 Å². The molecule has 0 unspecified atom stereocenters. The van der Waals surface area contributed by atoms with Crippen molar-refractivity contribution < 1.29 is 4.74 Å². The Balaban J connectivity index is 2.33. The summed E-state index contributed by atoms with van der Waals surface area (Å²) in [5.74, 6) is 0.732. The van der Waals surface area contributed by atoms with Gasteiger partial charge in [0.05, 0.1) is 0 Å². The van der Waals surface area contributed by atoms with Gasteiger partial charge in [0.25, 0.3) is 0 Å². The third-order valence-corrected chi connectivity index (χ3v) is 3.21. The molecule has 1 heterocycles. The van der Waals surface area contributed by atoms with Crippen LogP contribution in [-0.2, 0) is 4.74 Å². The molecule has 1 aliphatic rings. The molecule has 17 heavy (non-hydrogen) atoms. The van der Waals surface area contributed by atoms with Crippen LogP contribution in [0.1, 0.15) is 39.5 Å². The van der Waals surface area contributed by atoms with E-state index in [9.17, 15) is 0 Å². The van der Waals surface area contributed by atoms with Crippen LogP contribution >= 0.6 is 0 Å². The normalized spacial score (nSPS) is 16.7. The topological polar surface area (TPSA) is 12.5 Å².